The first-order chi connectivity index (χ1) is 7.80. The Hall–Kier alpha value is -0.480. The van der Waals surface area contributed by atoms with Gasteiger partial charge in [0.25, 0.3) is 0 Å². The highest BCUT2D eigenvalue weighted by atomic mass is 35.5. The van der Waals surface area contributed by atoms with E-state index in [2.05, 4.69) is 0 Å². The monoisotopic (exact) mass is 311 g/mol. The number of carbonyl (C=O) groups excluding carboxylic acids is 1. The second kappa shape index (κ2) is 6.62. The number of hydrogen-bond donors (Lipinski definition) is 1. The molecule has 0 aromatic heterocycles. The van der Waals surface area contributed by atoms with E-state index >= 15 is 0 Å². The Kier molecular flexibility index (Phi) is 6.44. The zero-order valence-corrected chi connectivity index (χ0v) is 12.7. The molecular formula is C12H16Cl3NO2. The van der Waals surface area contributed by atoms with E-state index in [1.54, 1.807) is 32.0 Å². The minimum absolute atomic E-state index is 0. The van der Waals surface area contributed by atoms with Gasteiger partial charge in [-0.3, -0.25) is 4.79 Å². The quantitative estimate of drug-likeness (QED) is 0.867. The SMILES string of the molecule is COC(=O)C(C)(C)[C@H](N)c1ccc(Cl)c(Cl)c1.Cl. The second-order valence-corrected chi connectivity index (χ2v) is 5.18. The van der Waals surface area contributed by atoms with E-state index in [9.17, 15) is 4.79 Å². The Labute approximate surface area is 123 Å². The van der Waals surface area contributed by atoms with E-state index in [1.165, 1.54) is 7.11 Å². The zero-order chi connectivity index (χ0) is 13.2. The summed E-state index contributed by atoms with van der Waals surface area (Å²) >= 11 is 11.7. The van der Waals surface area contributed by atoms with Crippen molar-refractivity contribution in [2.75, 3.05) is 7.11 Å². The number of rotatable bonds is 3. The van der Waals surface area contributed by atoms with E-state index in [4.69, 9.17) is 33.7 Å². The fourth-order valence-electron chi connectivity index (χ4n) is 1.51. The van der Waals surface area contributed by atoms with Gasteiger partial charge in [0, 0.05) is 6.04 Å². The van der Waals surface area contributed by atoms with E-state index in [0.29, 0.717) is 10.0 Å². The number of esters is 1. The van der Waals surface area contributed by atoms with Crippen LogP contribution in [0.4, 0.5) is 0 Å². The highest BCUT2D eigenvalue weighted by Crippen LogP contribution is 2.34. The predicted molar refractivity (Wildman–Crippen MR) is 76.4 cm³/mol. The maximum absolute atomic E-state index is 11.6. The van der Waals surface area contributed by atoms with Crippen molar-refractivity contribution in [3.05, 3.63) is 33.8 Å². The lowest BCUT2D eigenvalue weighted by molar-refractivity contribution is -0.152. The lowest BCUT2D eigenvalue weighted by Gasteiger charge is -2.29. The van der Waals surface area contributed by atoms with Crippen molar-refractivity contribution < 1.29 is 9.53 Å². The van der Waals surface area contributed by atoms with Crippen LogP contribution in [0, 0.1) is 5.41 Å². The Morgan fingerprint density at radius 2 is 1.89 bits per heavy atom. The smallest absolute Gasteiger partial charge is 0.313 e. The largest absolute Gasteiger partial charge is 0.469 e. The molecule has 1 aromatic rings. The number of ether oxygens (including phenoxy) is 1. The third kappa shape index (κ3) is 3.51. The van der Waals surface area contributed by atoms with E-state index < -0.39 is 11.5 Å². The topological polar surface area (TPSA) is 52.3 Å². The molecule has 6 heteroatoms. The first-order valence-corrected chi connectivity index (χ1v) is 5.85. The van der Waals surface area contributed by atoms with Gasteiger partial charge in [0.15, 0.2) is 0 Å². The molecule has 0 fully saturated rings. The molecule has 0 heterocycles. The highest BCUT2D eigenvalue weighted by Gasteiger charge is 2.36. The van der Waals surface area contributed by atoms with Crippen molar-refractivity contribution >= 4 is 41.6 Å². The minimum Gasteiger partial charge on any atom is -0.469 e. The van der Waals surface area contributed by atoms with E-state index in [1.807, 2.05) is 0 Å². The molecule has 0 saturated heterocycles. The van der Waals surface area contributed by atoms with Gasteiger partial charge in [-0.05, 0) is 31.5 Å². The average Bonchev–Trinajstić information content (AvgIpc) is 2.30. The number of methoxy groups -OCH3 is 1. The standard InChI is InChI=1S/C12H15Cl2NO2.ClH/c1-12(2,11(16)17-3)10(15)7-4-5-8(13)9(14)6-7;/h4-6,10H,15H2,1-3H3;1H/t10-;/m1./s1. The molecule has 0 saturated carbocycles. The van der Waals surface area contributed by atoms with Gasteiger partial charge in [-0.25, -0.2) is 0 Å². The molecule has 102 valence electrons. The summed E-state index contributed by atoms with van der Waals surface area (Å²) in [7, 11) is 1.34. The number of carbonyl (C=O) groups is 1. The molecule has 18 heavy (non-hydrogen) atoms. The number of hydrogen-bond acceptors (Lipinski definition) is 3. The number of benzene rings is 1. The van der Waals surface area contributed by atoms with Gasteiger partial charge in [-0.2, -0.15) is 0 Å². The molecule has 3 nitrogen and oxygen atoms in total. The Balaban J connectivity index is 0.00000289. The molecule has 1 atom stereocenters. The summed E-state index contributed by atoms with van der Waals surface area (Å²) in [5, 5.41) is 0.874. The molecular weight excluding hydrogens is 296 g/mol. The summed E-state index contributed by atoms with van der Waals surface area (Å²) in [5.74, 6) is -0.365. The lowest BCUT2D eigenvalue weighted by Crippen LogP contribution is -2.37. The Morgan fingerprint density at radius 1 is 1.33 bits per heavy atom. The van der Waals surface area contributed by atoms with Gasteiger partial charge < -0.3 is 10.5 Å². The van der Waals surface area contributed by atoms with Gasteiger partial charge in [0.05, 0.1) is 22.6 Å². The molecule has 0 aliphatic carbocycles. The van der Waals surface area contributed by atoms with Crippen LogP contribution in [0.1, 0.15) is 25.5 Å². The fraction of sp³-hybridized carbons (Fsp3) is 0.417. The molecule has 0 unspecified atom stereocenters. The average molecular weight is 313 g/mol. The summed E-state index contributed by atoms with van der Waals surface area (Å²) in [6, 6.07) is 4.57. The van der Waals surface area contributed by atoms with Crippen LogP contribution >= 0.6 is 35.6 Å². The van der Waals surface area contributed by atoms with Crippen molar-refractivity contribution in [1.29, 1.82) is 0 Å². The van der Waals surface area contributed by atoms with Crippen LogP contribution in [0.3, 0.4) is 0 Å². The lowest BCUT2D eigenvalue weighted by atomic mass is 9.81. The van der Waals surface area contributed by atoms with Crippen LogP contribution in [-0.2, 0) is 9.53 Å². The maximum Gasteiger partial charge on any atom is 0.313 e. The molecule has 0 spiro atoms. The van der Waals surface area contributed by atoms with Crippen molar-refractivity contribution in [2.24, 2.45) is 11.1 Å². The summed E-state index contributed by atoms with van der Waals surface area (Å²) < 4.78 is 4.73. The Bertz CT molecular complexity index is 435. The summed E-state index contributed by atoms with van der Waals surface area (Å²) in [6.45, 7) is 3.46. The summed E-state index contributed by atoms with van der Waals surface area (Å²) in [6.07, 6.45) is 0. The van der Waals surface area contributed by atoms with Gasteiger partial charge >= 0.3 is 5.97 Å². The zero-order valence-electron chi connectivity index (χ0n) is 10.4. The molecule has 1 rings (SSSR count). The van der Waals surface area contributed by atoms with E-state index in [0.717, 1.165) is 5.56 Å². The highest BCUT2D eigenvalue weighted by molar-refractivity contribution is 6.42. The molecule has 0 bridgehead atoms. The van der Waals surface area contributed by atoms with Crippen LogP contribution in [-0.4, -0.2) is 13.1 Å². The van der Waals surface area contributed by atoms with Gasteiger partial charge in [-0.1, -0.05) is 29.3 Å². The number of halogens is 3. The molecule has 2 N–H and O–H groups in total. The summed E-state index contributed by atoms with van der Waals surface area (Å²) in [5.41, 5.74) is 5.98. The van der Waals surface area contributed by atoms with Crippen molar-refractivity contribution in [1.82, 2.24) is 0 Å². The van der Waals surface area contributed by atoms with Crippen molar-refractivity contribution in [3.8, 4) is 0 Å². The van der Waals surface area contributed by atoms with Crippen molar-refractivity contribution in [3.63, 3.8) is 0 Å². The number of nitrogens with two attached hydrogens (primary N) is 1. The fourth-order valence-corrected chi connectivity index (χ4v) is 1.82. The van der Waals surface area contributed by atoms with Gasteiger partial charge in [0.2, 0.25) is 0 Å². The van der Waals surface area contributed by atoms with Crippen LogP contribution < -0.4 is 5.73 Å². The normalized spacial score (nSPS) is 12.6. The van der Waals surface area contributed by atoms with Gasteiger partial charge in [-0.15, -0.1) is 12.4 Å². The molecule has 1 aromatic carbocycles. The third-order valence-electron chi connectivity index (χ3n) is 2.79. The van der Waals surface area contributed by atoms with Crippen LogP contribution in [0.25, 0.3) is 0 Å². The molecule has 0 aliphatic rings. The maximum atomic E-state index is 11.6. The second-order valence-electron chi connectivity index (χ2n) is 4.36. The van der Waals surface area contributed by atoms with Crippen LogP contribution in [0.5, 0.6) is 0 Å². The predicted octanol–water partition coefficient (Wildman–Crippen LogP) is 3.61. The van der Waals surface area contributed by atoms with Crippen molar-refractivity contribution in [2.45, 2.75) is 19.9 Å². The van der Waals surface area contributed by atoms with E-state index in [-0.39, 0.29) is 18.4 Å². The minimum atomic E-state index is -0.827. The molecule has 0 amide bonds. The first-order valence-electron chi connectivity index (χ1n) is 5.09. The third-order valence-corrected chi connectivity index (χ3v) is 3.53. The molecule has 0 radical (unpaired) electrons. The van der Waals surface area contributed by atoms with Gasteiger partial charge in [0.1, 0.15) is 0 Å². The van der Waals surface area contributed by atoms with Crippen LogP contribution in [0.2, 0.25) is 10.0 Å². The van der Waals surface area contributed by atoms with Crippen LogP contribution in [0.15, 0.2) is 18.2 Å². The Morgan fingerprint density at radius 3 is 2.33 bits per heavy atom. The first kappa shape index (κ1) is 17.5. The summed E-state index contributed by atoms with van der Waals surface area (Å²) in [4.78, 5) is 11.6. The molecule has 0 aliphatic heterocycles.